The molecule has 0 radical (unpaired) electrons. The molecular formula is C9H9BrIN. The molecule has 1 aromatic rings. The molecule has 1 atom stereocenters. The molecule has 0 aliphatic carbocycles. The summed E-state index contributed by atoms with van der Waals surface area (Å²) < 4.78 is 1.83. The van der Waals surface area contributed by atoms with Gasteiger partial charge in [-0.25, -0.2) is 0 Å². The van der Waals surface area contributed by atoms with Crippen LogP contribution in [0.25, 0.3) is 0 Å². The van der Waals surface area contributed by atoms with Crippen molar-refractivity contribution in [3.05, 3.63) is 28.2 Å². The molecule has 1 nitrogen and oxygen atoms in total. The van der Waals surface area contributed by atoms with Crippen LogP contribution in [0.2, 0.25) is 0 Å². The van der Waals surface area contributed by atoms with E-state index in [0.717, 1.165) is 11.0 Å². The molecule has 1 aliphatic heterocycles. The highest BCUT2D eigenvalue weighted by Gasteiger charge is 2.16. The van der Waals surface area contributed by atoms with Crippen molar-refractivity contribution >= 4 is 44.2 Å². The molecule has 3 heteroatoms. The molecule has 1 unspecified atom stereocenters. The molecule has 1 N–H and O–H groups in total. The van der Waals surface area contributed by atoms with Gasteiger partial charge in [0.15, 0.2) is 0 Å². The molecule has 1 aliphatic rings. The van der Waals surface area contributed by atoms with Gasteiger partial charge in [0.1, 0.15) is 0 Å². The molecule has 0 saturated heterocycles. The van der Waals surface area contributed by atoms with Crippen LogP contribution < -0.4 is 5.32 Å². The minimum atomic E-state index is 0.673. The third-order valence-electron chi connectivity index (χ3n) is 2.07. The van der Waals surface area contributed by atoms with Crippen LogP contribution in [0.1, 0.15) is 15.9 Å². The van der Waals surface area contributed by atoms with Crippen LogP contribution in [0.4, 0.5) is 5.69 Å². The van der Waals surface area contributed by atoms with Crippen LogP contribution in [0.15, 0.2) is 22.7 Å². The maximum atomic E-state index is 3.47. The Morgan fingerprint density at radius 1 is 1.50 bits per heavy atom. The number of hydrogen-bond donors (Lipinski definition) is 1. The number of alkyl halides is 1. The van der Waals surface area contributed by atoms with Crippen molar-refractivity contribution in [2.24, 2.45) is 0 Å². The predicted octanol–water partition coefficient (Wildman–Crippen LogP) is 3.74. The van der Waals surface area contributed by atoms with Gasteiger partial charge in [0, 0.05) is 20.6 Å². The fourth-order valence-electron chi connectivity index (χ4n) is 1.44. The Morgan fingerprint density at radius 2 is 2.33 bits per heavy atom. The van der Waals surface area contributed by atoms with Crippen molar-refractivity contribution in [1.29, 1.82) is 0 Å². The molecule has 0 aromatic heterocycles. The largest absolute Gasteiger partial charge is 0.385 e. The van der Waals surface area contributed by atoms with Crippen LogP contribution in [-0.2, 0) is 0 Å². The minimum Gasteiger partial charge on any atom is -0.385 e. The van der Waals surface area contributed by atoms with E-state index in [-0.39, 0.29) is 0 Å². The van der Waals surface area contributed by atoms with E-state index in [2.05, 4.69) is 62.0 Å². The molecule has 0 saturated carbocycles. The van der Waals surface area contributed by atoms with E-state index in [1.54, 1.807) is 0 Å². The molecule has 2 rings (SSSR count). The molecule has 64 valence electrons. The number of halogens is 2. The van der Waals surface area contributed by atoms with Crippen LogP contribution in [0.5, 0.6) is 0 Å². The van der Waals surface area contributed by atoms with Gasteiger partial charge in [-0.05, 0) is 24.1 Å². The molecule has 0 amide bonds. The first kappa shape index (κ1) is 8.81. The Hall–Kier alpha value is 0.230. The predicted molar refractivity (Wildman–Crippen MR) is 64.0 cm³/mol. The second-order valence-electron chi connectivity index (χ2n) is 2.91. The summed E-state index contributed by atoms with van der Waals surface area (Å²) in [6.45, 7) is 1.09. The van der Waals surface area contributed by atoms with Gasteiger partial charge in [0.2, 0.25) is 0 Å². The second-order valence-corrected chi connectivity index (χ2v) is 5.33. The quantitative estimate of drug-likeness (QED) is 0.561. The summed E-state index contributed by atoms with van der Waals surface area (Å²) in [4.78, 5) is 0. The van der Waals surface area contributed by atoms with E-state index < -0.39 is 0 Å². The van der Waals surface area contributed by atoms with Crippen molar-refractivity contribution in [3.63, 3.8) is 0 Å². The van der Waals surface area contributed by atoms with Gasteiger partial charge in [-0.15, -0.1) is 0 Å². The van der Waals surface area contributed by atoms with E-state index in [1.165, 1.54) is 17.7 Å². The molecule has 0 spiro atoms. The van der Waals surface area contributed by atoms with Crippen molar-refractivity contribution in [3.8, 4) is 0 Å². The van der Waals surface area contributed by atoms with Crippen molar-refractivity contribution in [2.75, 3.05) is 11.9 Å². The highest BCUT2D eigenvalue weighted by atomic mass is 127. The second kappa shape index (κ2) is 3.54. The highest BCUT2D eigenvalue weighted by Crippen LogP contribution is 2.37. The number of anilines is 1. The molecule has 0 fully saturated rings. The minimum absolute atomic E-state index is 0.673. The smallest absolute Gasteiger partial charge is 0.0396 e. The topological polar surface area (TPSA) is 12.0 Å². The van der Waals surface area contributed by atoms with Crippen LogP contribution in [0, 0.1) is 0 Å². The fraction of sp³-hybridized carbons (Fsp3) is 0.333. The summed E-state index contributed by atoms with van der Waals surface area (Å²) in [5.74, 6) is 0. The van der Waals surface area contributed by atoms with Crippen molar-refractivity contribution in [1.82, 2.24) is 0 Å². The van der Waals surface area contributed by atoms with Gasteiger partial charge in [0.05, 0.1) is 0 Å². The van der Waals surface area contributed by atoms with Gasteiger partial charge < -0.3 is 5.32 Å². The lowest BCUT2D eigenvalue weighted by Crippen LogP contribution is -2.12. The van der Waals surface area contributed by atoms with Crippen molar-refractivity contribution < 1.29 is 0 Å². The zero-order valence-electron chi connectivity index (χ0n) is 6.48. The lowest BCUT2D eigenvalue weighted by molar-refractivity contribution is 0.834. The zero-order chi connectivity index (χ0) is 8.55. The van der Waals surface area contributed by atoms with Crippen LogP contribution in [-0.4, -0.2) is 6.54 Å². The average molecular weight is 338 g/mol. The lowest BCUT2D eigenvalue weighted by atomic mass is 10.0. The first-order valence-electron chi connectivity index (χ1n) is 3.95. The Balaban J connectivity index is 2.46. The fourth-order valence-corrected chi connectivity index (χ4v) is 2.66. The molecule has 1 heterocycles. The third-order valence-corrected chi connectivity index (χ3v) is 3.85. The van der Waals surface area contributed by atoms with E-state index >= 15 is 0 Å². The van der Waals surface area contributed by atoms with E-state index in [9.17, 15) is 0 Å². The summed E-state index contributed by atoms with van der Waals surface area (Å²) in [5.41, 5.74) is 2.72. The van der Waals surface area contributed by atoms with Crippen molar-refractivity contribution in [2.45, 2.75) is 10.3 Å². The van der Waals surface area contributed by atoms with Gasteiger partial charge in [0.25, 0.3) is 0 Å². The Labute approximate surface area is 94.2 Å². The number of benzene rings is 1. The summed E-state index contributed by atoms with van der Waals surface area (Å²) >= 11 is 5.97. The molecule has 12 heavy (non-hydrogen) atoms. The van der Waals surface area contributed by atoms with Gasteiger partial charge in [-0.1, -0.05) is 44.6 Å². The standard InChI is InChI=1S/C9H9BrIN/c10-6-1-2-7-8(11)3-4-12-9(7)5-6/h1-2,5,8,12H,3-4H2. The van der Waals surface area contributed by atoms with E-state index in [0.29, 0.717) is 3.92 Å². The van der Waals surface area contributed by atoms with Gasteiger partial charge in [-0.2, -0.15) is 0 Å². The van der Waals surface area contributed by atoms with Gasteiger partial charge >= 0.3 is 0 Å². The number of rotatable bonds is 0. The summed E-state index contributed by atoms with van der Waals surface area (Å²) in [6, 6.07) is 6.46. The molecule has 0 bridgehead atoms. The lowest BCUT2D eigenvalue weighted by Gasteiger charge is -2.22. The van der Waals surface area contributed by atoms with Crippen LogP contribution >= 0.6 is 38.5 Å². The Morgan fingerprint density at radius 3 is 3.17 bits per heavy atom. The Bertz CT molecular complexity index is 301. The van der Waals surface area contributed by atoms with Crippen LogP contribution in [0.3, 0.4) is 0 Å². The number of nitrogens with one attached hydrogen (secondary N) is 1. The summed E-state index contributed by atoms with van der Waals surface area (Å²) in [7, 11) is 0. The summed E-state index contributed by atoms with van der Waals surface area (Å²) in [5, 5.41) is 3.40. The third kappa shape index (κ3) is 1.62. The SMILES string of the molecule is Brc1ccc2c(c1)NCCC2I. The normalized spacial score (nSPS) is 21.3. The number of fused-ring (bicyclic) bond motifs is 1. The van der Waals surface area contributed by atoms with E-state index in [4.69, 9.17) is 0 Å². The first-order valence-corrected chi connectivity index (χ1v) is 5.98. The zero-order valence-corrected chi connectivity index (χ0v) is 10.2. The monoisotopic (exact) mass is 337 g/mol. The maximum Gasteiger partial charge on any atom is 0.0396 e. The maximum absolute atomic E-state index is 3.47. The first-order chi connectivity index (χ1) is 5.77. The summed E-state index contributed by atoms with van der Waals surface area (Å²) in [6.07, 6.45) is 1.23. The molecule has 1 aromatic carbocycles. The average Bonchev–Trinajstić information content (AvgIpc) is 2.04. The highest BCUT2D eigenvalue weighted by molar-refractivity contribution is 14.1. The molecular weight excluding hydrogens is 329 g/mol. The van der Waals surface area contributed by atoms with E-state index in [1.807, 2.05) is 0 Å². The Kier molecular flexibility index (Phi) is 2.60. The van der Waals surface area contributed by atoms with Gasteiger partial charge in [-0.3, -0.25) is 0 Å². The number of hydrogen-bond acceptors (Lipinski definition) is 1.